The van der Waals surface area contributed by atoms with E-state index in [0.717, 1.165) is 10.9 Å². The van der Waals surface area contributed by atoms with Gasteiger partial charge in [0.2, 0.25) is 0 Å². The van der Waals surface area contributed by atoms with E-state index < -0.39 is 5.97 Å². The van der Waals surface area contributed by atoms with E-state index in [4.69, 9.17) is 16.7 Å². The Morgan fingerprint density at radius 3 is 2.72 bits per heavy atom. The number of carboxylic acids is 1. The molecule has 0 aliphatic rings. The summed E-state index contributed by atoms with van der Waals surface area (Å²) >= 11 is 6.08. The quantitative estimate of drug-likeness (QED) is 0.865. The third-order valence-corrected chi connectivity index (χ3v) is 3.12. The van der Waals surface area contributed by atoms with Crippen LogP contribution in [0.4, 0.5) is 0 Å². The largest absolute Gasteiger partial charge is 0.481 e. The van der Waals surface area contributed by atoms with Crippen LogP contribution in [0.3, 0.4) is 0 Å². The number of ketones is 1. The number of fused-ring (bicyclic) bond motifs is 1. The molecule has 1 aromatic carbocycles. The highest BCUT2D eigenvalue weighted by Crippen LogP contribution is 2.28. The van der Waals surface area contributed by atoms with Crippen LogP contribution in [-0.2, 0) is 11.8 Å². The maximum absolute atomic E-state index is 12.0. The number of Topliss-reactive ketones (excluding diaryl/α,β-unsaturated/α-hetero) is 1. The standard InChI is InChI=1S/C13H12ClNO3/c1-15-7-9(11(16)5-6-12(17)18)8-3-2-4-10(14)13(8)15/h2-4,7H,5-6H2,1H3,(H,17,18). The molecule has 0 saturated heterocycles. The molecule has 4 nitrogen and oxygen atoms in total. The number of para-hydroxylation sites is 1. The number of halogens is 1. The number of hydrogen-bond acceptors (Lipinski definition) is 2. The molecule has 1 aromatic heterocycles. The van der Waals surface area contributed by atoms with Gasteiger partial charge in [0.1, 0.15) is 0 Å². The van der Waals surface area contributed by atoms with Crippen LogP contribution in [0, 0.1) is 0 Å². The predicted octanol–water partition coefficient (Wildman–Crippen LogP) is 2.88. The highest BCUT2D eigenvalue weighted by molar-refractivity contribution is 6.35. The van der Waals surface area contributed by atoms with Gasteiger partial charge in [-0.1, -0.05) is 23.7 Å². The van der Waals surface area contributed by atoms with Crippen LogP contribution in [0.15, 0.2) is 24.4 Å². The zero-order valence-corrected chi connectivity index (χ0v) is 10.6. The monoisotopic (exact) mass is 265 g/mol. The van der Waals surface area contributed by atoms with Gasteiger partial charge >= 0.3 is 5.97 Å². The number of carbonyl (C=O) groups excluding carboxylic acids is 1. The van der Waals surface area contributed by atoms with Crippen molar-refractivity contribution in [2.75, 3.05) is 0 Å². The topological polar surface area (TPSA) is 59.3 Å². The van der Waals surface area contributed by atoms with E-state index in [1.807, 2.05) is 13.1 Å². The van der Waals surface area contributed by atoms with E-state index in [0.29, 0.717) is 10.6 Å². The van der Waals surface area contributed by atoms with Crippen molar-refractivity contribution >= 4 is 34.3 Å². The number of carboxylic acid groups (broad SMARTS) is 1. The second-order valence-electron chi connectivity index (χ2n) is 4.11. The zero-order chi connectivity index (χ0) is 13.3. The Morgan fingerprint density at radius 1 is 1.33 bits per heavy atom. The zero-order valence-electron chi connectivity index (χ0n) is 9.81. The van der Waals surface area contributed by atoms with Crippen molar-refractivity contribution in [2.45, 2.75) is 12.8 Å². The van der Waals surface area contributed by atoms with Gasteiger partial charge in [-0.25, -0.2) is 0 Å². The highest BCUT2D eigenvalue weighted by atomic mass is 35.5. The fourth-order valence-electron chi connectivity index (χ4n) is 2.00. The summed E-state index contributed by atoms with van der Waals surface area (Å²) in [7, 11) is 1.81. The van der Waals surface area contributed by atoms with Crippen LogP contribution in [-0.4, -0.2) is 21.4 Å². The minimum absolute atomic E-state index is 0.000952. The molecule has 5 heteroatoms. The van der Waals surface area contributed by atoms with Crippen molar-refractivity contribution in [3.63, 3.8) is 0 Å². The van der Waals surface area contributed by atoms with Gasteiger partial charge in [0.15, 0.2) is 5.78 Å². The van der Waals surface area contributed by atoms with Gasteiger partial charge < -0.3 is 9.67 Å². The van der Waals surface area contributed by atoms with Crippen LogP contribution < -0.4 is 0 Å². The van der Waals surface area contributed by atoms with Crippen LogP contribution in [0.25, 0.3) is 10.9 Å². The van der Waals surface area contributed by atoms with E-state index in [1.165, 1.54) is 0 Å². The molecule has 18 heavy (non-hydrogen) atoms. The lowest BCUT2D eigenvalue weighted by molar-refractivity contribution is -0.136. The Balaban J connectivity index is 2.43. The van der Waals surface area contributed by atoms with E-state index in [-0.39, 0.29) is 18.6 Å². The fraction of sp³-hybridized carbons (Fsp3) is 0.231. The Labute approximate surface area is 109 Å². The molecule has 94 valence electrons. The summed E-state index contributed by atoms with van der Waals surface area (Å²) in [4.78, 5) is 22.4. The molecule has 2 aromatic rings. The minimum atomic E-state index is -0.971. The Bertz CT molecular complexity index is 630. The maximum Gasteiger partial charge on any atom is 0.303 e. The number of rotatable bonds is 4. The van der Waals surface area contributed by atoms with E-state index in [1.54, 1.807) is 22.9 Å². The first-order valence-corrected chi connectivity index (χ1v) is 5.87. The van der Waals surface area contributed by atoms with Crippen LogP contribution in [0.2, 0.25) is 5.02 Å². The average molecular weight is 266 g/mol. The second kappa shape index (κ2) is 4.82. The lowest BCUT2D eigenvalue weighted by Crippen LogP contribution is -2.03. The Morgan fingerprint density at radius 2 is 2.06 bits per heavy atom. The Kier molecular flexibility index (Phi) is 3.39. The fourth-order valence-corrected chi connectivity index (χ4v) is 2.30. The van der Waals surface area contributed by atoms with Gasteiger partial charge in [-0.2, -0.15) is 0 Å². The molecule has 0 saturated carbocycles. The van der Waals surface area contributed by atoms with Gasteiger partial charge in [0.25, 0.3) is 0 Å². The SMILES string of the molecule is Cn1cc(C(=O)CCC(=O)O)c2cccc(Cl)c21. The predicted molar refractivity (Wildman–Crippen MR) is 69.1 cm³/mol. The third-order valence-electron chi connectivity index (χ3n) is 2.82. The molecule has 0 amide bonds. The molecule has 0 bridgehead atoms. The molecular weight excluding hydrogens is 254 g/mol. The number of carbonyl (C=O) groups is 2. The molecule has 1 heterocycles. The van der Waals surface area contributed by atoms with E-state index in [2.05, 4.69) is 0 Å². The minimum Gasteiger partial charge on any atom is -0.481 e. The molecule has 0 fully saturated rings. The number of aromatic nitrogens is 1. The van der Waals surface area contributed by atoms with Crippen molar-refractivity contribution < 1.29 is 14.7 Å². The molecule has 0 radical (unpaired) electrons. The Hall–Kier alpha value is -1.81. The summed E-state index contributed by atoms with van der Waals surface area (Å²) in [5.74, 6) is -1.15. The first-order valence-electron chi connectivity index (χ1n) is 5.49. The molecule has 0 spiro atoms. The van der Waals surface area contributed by atoms with Gasteiger partial charge in [-0.05, 0) is 6.07 Å². The van der Waals surface area contributed by atoms with Crippen molar-refractivity contribution in [1.82, 2.24) is 4.57 Å². The van der Waals surface area contributed by atoms with Crippen LogP contribution >= 0.6 is 11.6 Å². The smallest absolute Gasteiger partial charge is 0.303 e. The number of nitrogens with zero attached hydrogens (tertiary/aromatic N) is 1. The average Bonchev–Trinajstić information content (AvgIpc) is 2.65. The van der Waals surface area contributed by atoms with Crippen LogP contribution in [0.5, 0.6) is 0 Å². The summed E-state index contributed by atoms with van der Waals surface area (Å²) in [6.07, 6.45) is 1.54. The van der Waals surface area contributed by atoms with Gasteiger partial charge in [0.05, 0.1) is 17.0 Å². The molecule has 1 N–H and O–H groups in total. The summed E-state index contributed by atoms with van der Waals surface area (Å²) in [5.41, 5.74) is 1.31. The maximum atomic E-state index is 12.0. The lowest BCUT2D eigenvalue weighted by atomic mass is 10.1. The molecule has 0 aliphatic carbocycles. The van der Waals surface area contributed by atoms with Crippen LogP contribution in [0.1, 0.15) is 23.2 Å². The molecule has 2 rings (SSSR count). The van der Waals surface area contributed by atoms with E-state index in [9.17, 15) is 9.59 Å². The van der Waals surface area contributed by atoms with Gasteiger partial charge in [-0.15, -0.1) is 0 Å². The van der Waals surface area contributed by atoms with Crippen molar-refractivity contribution in [3.05, 3.63) is 35.0 Å². The second-order valence-corrected chi connectivity index (χ2v) is 4.51. The summed E-state index contributed by atoms with van der Waals surface area (Å²) < 4.78 is 1.78. The van der Waals surface area contributed by atoms with Crippen molar-refractivity contribution in [1.29, 1.82) is 0 Å². The van der Waals surface area contributed by atoms with Crippen molar-refractivity contribution in [2.24, 2.45) is 7.05 Å². The van der Waals surface area contributed by atoms with Gasteiger partial charge in [0, 0.05) is 30.6 Å². The summed E-state index contributed by atoms with van der Waals surface area (Å²) in [6, 6.07) is 5.35. The first kappa shape index (κ1) is 12.6. The molecule has 0 unspecified atom stereocenters. The number of aryl methyl sites for hydroxylation is 1. The van der Waals surface area contributed by atoms with Crippen molar-refractivity contribution in [3.8, 4) is 0 Å². The molecule has 0 aliphatic heterocycles. The molecular formula is C13H12ClNO3. The number of aliphatic carboxylic acids is 1. The third kappa shape index (κ3) is 2.24. The number of hydrogen-bond donors (Lipinski definition) is 1. The normalized spacial score (nSPS) is 10.8. The highest BCUT2D eigenvalue weighted by Gasteiger charge is 2.16. The van der Waals surface area contributed by atoms with E-state index >= 15 is 0 Å². The summed E-state index contributed by atoms with van der Waals surface area (Å²) in [6.45, 7) is 0. The molecule has 0 atom stereocenters. The number of benzene rings is 1. The first-order chi connectivity index (χ1) is 8.50. The van der Waals surface area contributed by atoms with Gasteiger partial charge in [-0.3, -0.25) is 9.59 Å². The lowest BCUT2D eigenvalue weighted by Gasteiger charge is -1.98. The summed E-state index contributed by atoms with van der Waals surface area (Å²) in [5, 5.41) is 9.93.